The summed E-state index contributed by atoms with van der Waals surface area (Å²) in [4.78, 5) is 17.5. The van der Waals surface area contributed by atoms with E-state index in [9.17, 15) is 0 Å². The molecule has 6 nitrogen and oxygen atoms in total. The Morgan fingerprint density at radius 3 is 2.74 bits per heavy atom. The summed E-state index contributed by atoms with van der Waals surface area (Å²) in [5.41, 5.74) is 8.12. The molecule has 0 bridgehead atoms. The smallest absolute Gasteiger partial charge is 0.166 e. The Morgan fingerprint density at radius 1 is 1.21 bits per heavy atom. The number of anilines is 1. The Balaban J connectivity index is 2.35. The second kappa shape index (κ2) is 4.31. The van der Waals surface area contributed by atoms with Gasteiger partial charge in [0.25, 0.3) is 0 Å². The van der Waals surface area contributed by atoms with Crippen LogP contribution in [-0.4, -0.2) is 24.5 Å². The summed E-state index contributed by atoms with van der Waals surface area (Å²) in [5, 5.41) is 0. The van der Waals surface area contributed by atoms with E-state index in [2.05, 4.69) is 19.9 Å². The summed E-state index contributed by atoms with van der Waals surface area (Å²) >= 11 is 0. The molecule has 0 aromatic carbocycles. The van der Waals surface area contributed by atoms with Crippen LogP contribution in [0.2, 0.25) is 0 Å². The van der Waals surface area contributed by atoms with Gasteiger partial charge < -0.3 is 10.3 Å². The fraction of sp³-hybridized carbons (Fsp3) is 0.231. The van der Waals surface area contributed by atoms with Gasteiger partial charge in [-0.1, -0.05) is 6.07 Å². The van der Waals surface area contributed by atoms with Crippen molar-refractivity contribution in [3.8, 4) is 11.5 Å². The normalized spacial score (nSPS) is 11.1. The predicted molar refractivity (Wildman–Crippen MR) is 73.4 cm³/mol. The fourth-order valence-corrected chi connectivity index (χ4v) is 2.13. The summed E-state index contributed by atoms with van der Waals surface area (Å²) in [6.45, 7) is 4.61. The van der Waals surface area contributed by atoms with Crippen LogP contribution in [0.15, 0.2) is 24.4 Å². The maximum atomic E-state index is 5.92. The molecule has 0 aliphatic carbocycles. The van der Waals surface area contributed by atoms with Gasteiger partial charge in [-0.3, -0.25) is 4.98 Å². The molecule has 3 heterocycles. The molecule has 0 aliphatic heterocycles. The molecule has 0 saturated carbocycles. The topological polar surface area (TPSA) is 82.5 Å². The first kappa shape index (κ1) is 11.6. The van der Waals surface area contributed by atoms with Crippen LogP contribution in [0.25, 0.3) is 22.7 Å². The highest BCUT2D eigenvalue weighted by atomic mass is 15.2. The first-order chi connectivity index (χ1) is 9.20. The van der Waals surface area contributed by atoms with Crippen molar-refractivity contribution in [3.63, 3.8) is 0 Å². The monoisotopic (exact) mass is 254 g/mol. The molecule has 0 unspecified atom stereocenters. The summed E-state index contributed by atoms with van der Waals surface area (Å²) in [7, 11) is 0. The molecule has 0 saturated heterocycles. The van der Waals surface area contributed by atoms with Gasteiger partial charge in [0.15, 0.2) is 22.8 Å². The van der Waals surface area contributed by atoms with Crippen LogP contribution in [0.3, 0.4) is 0 Å². The number of nitrogens with two attached hydrogens (primary N) is 1. The van der Waals surface area contributed by atoms with Crippen LogP contribution in [0, 0.1) is 6.92 Å². The third kappa shape index (κ3) is 1.81. The highest BCUT2D eigenvalue weighted by Crippen LogP contribution is 2.24. The van der Waals surface area contributed by atoms with Crippen LogP contribution < -0.4 is 5.73 Å². The van der Waals surface area contributed by atoms with Crippen molar-refractivity contribution in [2.45, 2.75) is 20.4 Å². The molecule has 96 valence electrons. The van der Waals surface area contributed by atoms with E-state index in [0.29, 0.717) is 17.2 Å². The van der Waals surface area contributed by atoms with Crippen molar-refractivity contribution in [2.75, 3.05) is 5.73 Å². The minimum atomic E-state index is 0.409. The van der Waals surface area contributed by atoms with Crippen LogP contribution in [0.1, 0.15) is 12.7 Å². The van der Waals surface area contributed by atoms with E-state index in [-0.39, 0.29) is 0 Å². The molecule has 6 heteroatoms. The molecule has 0 fully saturated rings. The zero-order valence-corrected chi connectivity index (χ0v) is 10.8. The van der Waals surface area contributed by atoms with E-state index in [4.69, 9.17) is 5.73 Å². The van der Waals surface area contributed by atoms with E-state index in [0.717, 1.165) is 23.7 Å². The van der Waals surface area contributed by atoms with Gasteiger partial charge in [0.2, 0.25) is 0 Å². The molecule has 0 aliphatic rings. The lowest BCUT2D eigenvalue weighted by Crippen LogP contribution is -2.02. The molecule has 0 atom stereocenters. The van der Waals surface area contributed by atoms with E-state index >= 15 is 0 Å². The van der Waals surface area contributed by atoms with Crippen molar-refractivity contribution in [1.82, 2.24) is 24.5 Å². The molecule has 0 spiro atoms. The second-order valence-corrected chi connectivity index (χ2v) is 4.22. The number of aromatic nitrogens is 5. The summed E-state index contributed by atoms with van der Waals surface area (Å²) in [6, 6.07) is 5.73. The zero-order chi connectivity index (χ0) is 13.4. The molecular formula is C13H14N6. The number of hydrogen-bond donors (Lipinski definition) is 1. The largest absolute Gasteiger partial charge is 0.382 e. The highest BCUT2D eigenvalue weighted by Gasteiger charge is 2.16. The molecule has 2 N–H and O–H groups in total. The van der Waals surface area contributed by atoms with Gasteiger partial charge >= 0.3 is 0 Å². The number of fused-ring (bicyclic) bond motifs is 1. The lowest BCUT2D eigenvalue weighted by atomic mass is 10.3. The number of imidazole rings is 1. The molecule has 0 amide bonds. The van der Waals surface area contributed by atoms with Crippen molar-refractivity contribution in [1.29, 1.82) is 0 Å². The number of nitrogens with zero attached hydrogens (tertiary/aromatic N) is 5. The van der Waals surface area contributed by atoms with Crippen molar-refractivity contribution in [2.24, 2.45) is 0 Å². The van der Waals surface area contributed by atoms with E-state index in [1.54, 1.807) is 6.20 Å². The molecule has 19 heavy (non-hydrogen) atoms. The van der Waals surface area contributed by atoms with Crippen molar-refractivity contribution >= 4 is 17.0 Å². The number of hydrogen-bond acceptors (Lipinski definition) is 5. The van der Waals surface area contributed by atoms with Crippen LogP contribution in [-0.2, 0) is 6.54 Å². The van der Waals surface area contributed by atoms with Gasteiger partial charge in [-0.2, -0.15) is 0 Å². The maximum Gasteiger partial charge on any atom is 0.166 e. The standard InChI is InChI=1S/C13H14N6/c1-3-19-12(9-6-4-5-7-15-9)18-10-11(14)16-8(2)17-13(10)19/h4-7H,3H2,1-2H3,(H2,14,16,17). The van der Waals surface area contributed by atoms with E-state index in [1.807, 2.05) is 36.6 Å². The Bertz CT molecular complexity index is 732. The van der Waals surface area contributed by atoms with Crippen LogP contribution >= 0.6 is 0 Å². The van der Waals surface area contributed by atoms with Gasteiger partial charge in [-0.15, -0.1) is 0 Å². The minimum absolute atomic E-state index is 0.409. The van der Waals surface area contributed by atoms with Gasteiger partial charge in [0.1, 0.15) is 11.5 Å². The molecule has 3 rings (SSSR count). The average Bonchev–Trinajstić information content (AvgIpc) is 2.78. The molecule has 3 aromatic rings. The number of nitrogen functional groups attached to an aromatic ring is 1. The van der Waals surface area contributed by atoms with Crippen LogP contribution in [0.5, 0.6) is 0 Å². The first-order valence-electron chi connectivity index (χ1n) is 6.12. The third-order valence-corrected chi connectivity index (χ3v) is 2.94. The summed E-state index contributed by atoms with van der Waals surface area (Å²) in [6.07, 6.45) is 1.75. The van der Waals surface area contributed by atoms with Gasteiger partial charge in [0.05, 0.1) is 0 Å². The van der Waals surface area contributed by atoms with Gasteiger partial charge in [-0.25, -0.2) is 15.0 Å². The summed E-state index contributed by atoms with van der Waals surface area (Å²) in [5.74, 6) is 1.82. The Morgan fingerprint density at radius 2 is 2.05 bits per heavy atom. The summed E-state index contributed by atoms with van der Waals surface area (Å²) < 4.78 is 2.00. The highest BCUT2D eigenvalue weighted by molar-refractivity contribution is 5.85. The number of aryl methyl sites for hydroxylation is 2. The quantitative estimate of drug-likeness (QED) is 0.754. The zero-order valence-electron chi connectivity index (χ0n) is 10.8. The lowest BCUT2D eigenvalue weighted by molar-refractivity contribution is 0.781. The van der Waals surface area contributed by atoms with Gasteiger partial charge in [-0.05, 0) is 26.0 Å². The lowest BCUT2D eigenvalue weighted by Gasteiger charge is -2.04. The number of rotatable bonds is 2. The average molecular weight is 254 g/mol. The SMILES string of the molecule is CCn1c(-c2ccccn2)nc2c(N)nc(C)nc21. The third-order valence-electron chi connectivity index (χ3n) is 2.94. The second-order valence-electron chi connectivity index (χ2n) is 4.22. The van der Waals surface area contributed by atoms with E-state index < -0.39 is 0 Å². The van der Waals surface area contributed by atoms with Crippen LogP contribution in [0.4, 0.5) is 5.82 Å². The Labute approximate surface area is 110 Å². The van der Waals surface area contributed by atoms with Gasteiger partial charge in [0, 0.05) is 12.7 Å². The predicted octanol–water partition coefficient (Wildman–Crippen LogP) is 1.80. The Kier molecular flexibility index (Phi) is 2.63. The molecule has 3 aromatic heterocycles. The molecular weight excluding hydrogens is 240 g/mol. The first-order valence-corrected chi connectivity index (χ1v) is 6.12. The number of pyridine rings is 1. The maximum absolute atomic E-state index is 5.92. The van der Waals surface area contributed by atoms with Crippen molar-refractivity contribution < 1.29 is 0 Å². The Hall–Kier alpha value is -2.50. The molecule has 0 radical (unpaired) electrons. The van der Waals surface area contributed by atoms with Crippen molar-refractivity contribution in [3.05, 3.63) is 30.2 Å². The van der Waals surface area contributed by atoms with E-state index in [1.165, 1.54) is 0 Å². The fourth-order valence-electron chi connectivity index (χ4n) is 2.13. The minimum Gasteiger partial charge on any atom is -0.382 e.